The van der Waals surface area contributed by atoms with Crippen LogP contribution in [0.4, 0.5) is 0 Å². The molecule has 19 heavy (non-hydrogen) atoms. The van der Waals surface area contributed by atoms with Gasteiger partial charge < -0.3 is 20.1 Å². The van der Waals surface area contributed by atoms with E-state index in [1.54, 1.807) is 0 Å². The summed E-state index contributed by atoms with van der Waals surface area (Å²) < 4.78 is 6.54. The van der Waals surface area contributed by atoms with Gasteiger partial charge in [-0.15, -0.1) is 0 Å². The molecule has 0 saturated carbocycles. The lowest BCUT2D eigenvalue weighted by molar-refractivity contribution is -0.150. The summed E-state index contributed by atoms with van der Waals surface area (Å²) in [5, 5.41) is 28.3. The van der Waals surface area contributed by atoms with Crippen LogP contribution < -0.4 is 11.2 Å². The smallest absolute Gasteiger partial charge is 0.330 e. The number of aryl methyl sites for hydroxylation is 1. The van der Waals surface area contributed by atoms with Gasteiger partial charge in [-0.25, -0.2) is 4.79 Å². The summed E-state index contributed by atoms with van der Waals surface area (Å²) in [6, 6.07) is 0. The topological polar surface area (TPSA) is 125 Å². The van der Waals surface area contributed by atoms with E-state index in [1.165, 1.54) is 13.1 Å². The van der Waals surface area contributed by atoms with Crippen LogP contribution in [0.2, 0.25) is 0 Å². The highest BCUT2D eigenvalue weighted by atomic mass is 16.6. The molecular weight excluding hydrogens is 256 g/mol. The van der Waals surface area contributed by atoms with Gasteiger partial charge in [-0.1, -0.05) is 0 Å². The van der Waals surface area contributed by atoms with E-state index in [2.05, 4.69) is 4.98 Å². The van der Waals surface area contributed by atoms with Crippen molar-refractivity contribution in [2.75, 3.05) is 13.2 Å². The first kappa shape index (κ1) is 13.9. The molecule has 1 saturated heterocycles. The molecule has 0 spiro atoms. The lowest BCUT2D eigenvalue weighted by Gasteiger charge is -2.27. The molecule has 1 aromatic rings. The van der Waals surface area contributed by atoms with E-state index in [1.807, 2.05) is 0 Å². The highest BCUT2D eigenvalue weighted by Gasteiger charge is 2.48. The third kappa shape index (κ3) is 2.23. The van der Waals surface area contributed by atoms with Gasteiger partial charge in [-0.05, 0) is 6.92 Å². The minimum Gasteiger partial charge on any atom is -0.393 e. The minimum absolute atomic E-state index is 0.0342. The van der Waals surface area contributed by atoms with Gasteiger partial charge in [0.1, 0.15) is 11.8 Å². The van der Waals surface area contributed by atoms with Crippen LogP contribution in [0.25, 0.3) is 0 Å². The van der Waals surface area contributed by atoms with Crippen LogP contribution in [0.5, 0.6) is 0 Å². The van der Waals surface area contributed by atoms with Gasteiger partial charge in [0.05, 0.1) is 19.3 Å². The van der Waals surface area contributed by atoms with Crippen molar-refractivity contribution in [2.24, 2.45) is 0 Å². The lowest BCUT2D eigenvalue weighted by atomic mass is 9.99. The Hall–Kier alpha value is -1.48. The number of aromatic amines is 1. The van der Waals surface area contributed by atoms with Crippen molar-refractivity contribution in [3.05, 3.63) is 32.6 Å². The van der Waals surface area contributed by atoms with Crippen molar-refractivity contribution >= 4 is 0 Å². The summed E-state index contributed by atoms with van der Waals surface area (Å²) in [6.07, 6.45) is -0.598. The number of rotatable bonds is 3. The van der Waals surface area contributed by atoms with Crippen LogP contribution in [-0.2, 0) is 4.74 Å². The molecule has 0 aliphatic carbocycles. The second kappa shape index (κ2) is 4.89. The van der Waals surface area contributed by atoms with Crippen LogP contribution in [0.3, 0.4) is 0 Å². The summed E-state index contributed by atoms with van der Waals surface area (Å²) >= 11 is 0. The van der Waals surface area contributed by atoms with Gasteiger partial charge in [0, 0.05) is 18.2 Å². The molecule has 2 heterocycles. The van der Waals surface area contributed by atoms with Crippen molar-refractivity contribution in [2.45, 2.75) is 31.3 Å². The summed E-state index contributed by atoms with van der Waals surface area (Å²) in [5.41, 5.74) is -2.33. The molecule has 106 valence electrons. The van der Waals surface area contributed by atoms with Crippen molar-refractivity contribution in [1.29, 1.82) is 0 Å². The fraction of sp³-hybridized carbons (Fsp3) is 0.636. The molecule has 1 aliphatic rings. The zero-order valence-corrected chi connectivity index (χ0v) is 10.4. The Labute approximate surface area is 107 Å². The minimum atomic E-state index is -1.49. The van der Waals surface area contributed by atoms with Crippen LogP contribution >= 0.6 is 0 Å². The maximum absolute atomic E-state index is 11.7. The average molecular weight is 272 g/mol. The second-order valence-electron chi connectivity index (χ2n) is 4.68. The Morgan fingerprint density at radius 3 is 2.63 bits per heavy atom. The molecule has 0 bridgehead atoms. The average Bonchev–Trinajstić information content (AvgIpc) is 2.71. The number of aliphatic hydroxyl groups excluding tert-OH is 3. The molecule has 0 radical (unpaired) electrons. The first-order chi connectivity index (χ1) is 8.93. The molecule has 2 rings (SSSR count). The zero-order chi connectivity index (χ0) is 14.2. The van der Waals surface area contributed by atoms with E-state index in [0.29, 0.717) is 5.56 Å². The number of nitrogens with zero attached hydrogens (tertiary/aromatic N) is 1. The van der Waals surface area contributed by atoms with E-state index >= 15 is 0 Å². The summed E-state index contributed by atoms with van der Waals surface area (Å²) in [6.45, 7) is 0.391. The molecule has 0 aromatic carbocycles. The van der Waals surface area contributed by atoms with Gasteiger partial charge in [0.2, 0.25) is 0 Å². The Morgan fingerprint density at radius 1 is 1.47 bits per heavy atom. The SMILES string of the molecule is Cc1cn([C@H]2CC(O)C(CO)(CO)O2)c(=O)[nH]c1=O. The van der Waals surface area contributed by atoms with Gasteiger partial charge in [0.25, 0.3) is 5.56 Å². The van der Waals surface area contributed by atoms with Crippen LogP contribution in [0.1, 0.15) is 18.2 Å². The molecule has 1 aromatic heterocycles. The van der Waals surface area contributed by atoms with E-state index in [0.717, 1.165) is 4.57 Å². The van der Waals surface area contributed by atoms with Gasteiger partial charge in [-0.3, -0.25) is 14.3 Å². The molecule has 1 aliphatic heterocycles. The van der Waals surface area contributed by atoms with Crippen molar-refractivity contribution in [1.82, 2.24) is 9.55 Å². The van der Waals surface area contributed by atoms with E-state index in [4.69, 9.17) is 4.74 Å². The number of hydrogen-bond acceptors (Lipinski definition) is 6. The van der Waals surface area contributed by atoms with Crippen LogP contribution in [0.15, 0.2) is 15.8 Å². The molecular formula is C11H16N2O6. The maximum atomic E-state index is 11.7. The molecule has 1 unspecified atom stereocenters. The largest absolute Gasteiger partial charge is 0.393 e. The first-order valence-corrected chi connectivity index (χ1v) is 5.83. The zero-order valence-electron chi connectivity index (χ0n) is 10.4. The Balaban J connectivity index is 2.38. The summed E-state index contributed by atoms with van der Waals surface area (Å²) in [7, 11) is 0. The van der Waals surface area contributed by atoms with Gasteiger partial charge in [0.15, 0.2) is 0 Å². The predicted octanol–water partition coefficient (Wildman–Crippen LogP) is -2.15. The fourth-order valence-corrected chi connectivity index (χ4v) is 2.11. The standard InChI is InChI=1S/C11H16N2O6/c1-6-3-13(10(18)12-9(6)17)8-2-7(16)11(4-14,5-15)19-8/h3,7-8,14-16H,2,4-5H2,1H3,(H,12,17,18)/t7?,8-/m1/s1. The predicted molar refractivity (Wildman–Crippen MR) is 63.7 cm³/mol. The molecule has 4 N–H and O–H groups in total. The maximum Gasteiger partial charge on any atom is 0.330 e. The van der Waals surface area contributed by atoms with Crippen molar-refractivity contribution in [3.8, 4) is 0 Å². The number of aliphatic hydroxyl groups is 3. The molecule has 8 nitrogen and oxygen atoms in total. The van der Waals surface area contributed by atoms with Crippen LogP contribution in [0, 0.1) is 6.92 Å². The summed E-state index contributed by atoms with van der Waals surface area (Å²) in [4.78, 5) is 25.1. The lowest BCUT2D eigenvalue weighted by Crippen LogP contribution is -2.46. The van der Waals surface area contributed by atoms with E-state index in [9.17, 15) is 24.9 Å². The quantitative estimate of drug-likeness (QED) is 0.497. The number of nitrogens with one attached hydrogen (secondary N) is 1. The highest BCUT2D eigenvalue weighted by Crippen LogP contribution is 2.35. The van der Waals surface area contributed by atoms with Crippen LogP contribution in [-0.4, -0.2) is 49.8 Å². The number of H-pyrrole nitrogens is 1. The van der Waals surface area contributed by atoms with Crippen molar-refractivity contribution < 1.29 is 20.1 Å². The second-order valence-corrected chi connectivity index (χ2v) is 4.68. The first-order valence-electron chi connectivity index (χ1n) is 5.83. The van der Waals surface area contributed by atoms with E-state index < -0.39 is 42.4 Å². The Kier molecular flexibility index (Phi) is 3.59. The third-order valence-corrected chi connectivity index (χ3v) is 3.39. The number of ether oxygens (including phenoxy) is 1. The summed E-state index contributed by atoms with van der Waals surface area (Å²) in [5.74, 6) is 0. The van der Waals surface area contributed by atoms with Crippen molar-refractivity contribution in [3.63, 3.8) is 0 Å². The van der Waals surface area contributed by atoms with Gasteiger partial charge in [-0.2, -0.15) is 0 Å². The molecule has 0 amide bonds. The monoisotopic (exact) mass is 272 g/mol. The molecule has 2 atom stereocenters. The molecule has 8 heteroatoms. The molecule has 1 fully saturated rings. The van der Waals surface area contributed by atoms with Gasteiger partial charge >= 0.3 is 5.69 Å². The third-order valence-electron chi connectivity index (χ3n) is 3.39. The number of aromatic nitrogens is 2. The van der Waals surface area contributed by atoms with E-state index in [-0.39, 0.29) is 6.42 Å². The number of hydrogen-bond donors (Lipinski definition) is 4. The Bertz CT molecular complexity index is 573. The normalized spacial score (nSPS) is 25.7. The fourth-order valence-electron chi connectivity index (χ4n) is 2.11. The Morgan fingerprint density at radius 2 is 2.11 bits per heavy atom. The highest BCUT2D eigenvalue weighted by molar-refractivity contribution is 5.03.